The number of nitrogens with zero attached hydrogens (tertiary/aromatic N) is 1. The normalized spacial score (nSPS) is 17.1. The van der Waals surface area contributed by atoms with Crippen molar-refractivity contribution in [3.05, 3.63) is 89.4 Å². The maximum Gasteiger partial charge on any atom is 0.287 e. The quantitative estimate of drug-likeness (QED) is 0.527. The van der Waals surface area contributed by atoms with Crippen molar-refractivity contribution in [1.29, 1.82) is 0 Å². The van der Waals surface area contributed by atoms with Crippen molar-refractivity contribution in [1.82, 2.24) is 10.2 Å². The molecule has 2 heterocycles. The van der Waals surface area contributed by atoms with Crippen LogP contribution in [0.1, 0.15) is 53.6 Å². The summed E-state index contributed by atoms with van der Waals surface area (Å²) >= 11 is 0. The van der Waals surface area contributed by atoms with Crippen LogP contribution in [-0.4, -0.2) is 31.8 Å². The summed E-state index contributed by atoms with van der Waals surface area (Å²) in [5.41, 5.74) is 2.27. The number of likely N-dealkylation sites (tertiary alicyclic amines) is 1. The van der Waals surface area contributed by atoms with E-state index in [-0.39, 0.29) is 28.1 Å². The standard InChI is InChI=1S/C26H30N2O4S/c1-20-7-5-6-16-28(20)18-22-12-10-21(11-13-22)17-27-26(29)25-15-14-23(32-25)19-33(30,31)24-8-3-2-4-9-24/h2-4,8-15,20H,5-7,16-19H2,1H3,(H,27,29). The summed E-state index contributed by atoms with van der Waals surface area (Å²) < 4.78 is 30.5. The second-order valence-corrected chi connectivity index (χ2v) is 10.6. The van der Waals surface area contributed by atoms with Crippen molar-refractivity contribution in [3.8, 4) is 0 Å². The Kier molecular flexibility index (Phi) is 7.30. The molecular weight excluding hydrogens is 436 g/mol. The van der Waals surface area contributed by atoms with Crippen molar-refractivity contribution >= 4 is 15.7 Å². The topological polar surface area (TPSA) is 79.6 Å². The molecular formula is C26H30N2O4S. The molecule has 1 fully saturated rings. The minimum absolute atomic E-state index is 0.101. The Morgan fingerprint density at radius 1 is 1.00 bits per heavy atom. The van der Waals surface area contributed by atoms with Gasteiger partial charge in [-0.3, -0.25) is 9.69 Å². The van der Waals surface area contributed by atoms with Crippen LogP contribution in [0.3, 0.4) is 0 Å². The van der Waals surface area contributed by atoms with Gasteiger partial charge in [0.1, 0.15) is 11.5 Å². The fourth-order valence-electron chi connectivity index (χ4n) is 4.13. The maximum atomic E-state index is 12.5. The maximum absolute atomic E-state index is 12.5. The molecule has 0 saturated carbocycles. The SMILES string of the molecule is CC1CCCCN1Cc1ccc(CNC(=O)c2ccc(CS(=O)(=O)c3ccccc3)o2)cc1. The van der Waals surface area contributed by atoms with Gasteiger partial charge in [-0.15, -0.1) is 0 Å². The number of hydrogen-bond acceptors (Lipinski definition) is 5. The summed E-state index contributed by atoms with van der Waals surface area (Å²) in [6.45, 7) is 4.77. The van der Waals surface area contributed by atoms with E-state index in [1.165, 1.54) is 37.0 Å². The predicted molar refractivity (Wildman–Crippen MR) is 127 cm³/mol. The zero-order valence-electron chi connectivity index (χ0n) is 18.9. The van der Waals surface area contributed by atoms with Crippen LogP contribution in [0.4, 0.5) is 0 Å². The summed E-state index contributed by atoms with van der Waals surface area (Å²) in [6, 6.07) is 20.2. The third kappa shape index (κ3) is 6.12. The third-order valence-corrected chi connectivity index (χ3v) is 7.78. The van der Waals surface area contributed by atoms with Crippen LogP contribution in [0, 0.1) is 0 Å². The Balaban J connectivity index is 1.30. The Morgan fingerprint density at radius 2 is 1.73 bits per heavy atom. The van der Waals surface area contributed by atoms with E-state index in [1.54, 1.807) is 30.3 Å². The highest BCUT2D eigenvalue weighted by molar-refractivity contribution is 7.90. The van der Waals surface area contributed by atoms with Gasteiger partial charge in [-0.2, -0.15) is 0 Å². The first kappa shape index (κ1) is 23.3. The van der Waals surface area contributed by atoms with Gasteiger partial charge < -0.3 is 9.73 Å². The molecule has 33 heavy (non-hydrogen) atoms. The van der Waals surface area contributed by atoms with Gasteiger partial charge in [0.05, 0.1) is 4.90 Å². The highest BCUT2D eigenvalue weighted by atomic mass is 32.2. The van der Waals surface area contributed by atoms with Gasteiger partial charge in [0.15, 0.2) is 15.6 Å². The minimum Gasteiger partial charge on any atom is -0.455 e. The number of piperidine rings is 1. The molecule has 1 aliphatic rings. The first-order valence-corrected chi connectivity index (χ1v) is 13.0. The molecule has 0 bridgehead atoms. The van der Waals surface area contributed by atoms with Gasteiger partial charge in [0.25, 0.3) is 5.91 Å². The van der Waals surface area contributed by atoms with Crippen molar-refractivity contribution in [3.63, 3.8) is 0 Å². The molecule has 0 aliphatic carbocycles. The minimum atomic E-state index is -3.53. The van der Waals surface area contributed by atoms with E-state index >= 15 is 0 Å². The van der Waals surface area contributed by atoms with Gasteiger partial charge in [-0.1, -0.05) is 48.9 Å². The summed E-state index contributed by atoms with van der Waals surface area (Å²) in [5.74, 6) is -0.324. The molecule has 1 saturated heterocycles. The lowest BCUT2D eigenvalue weighted by Gasteiger charge is -2.33. The summed E-state index contributed by atoms with van der Waals surface area (Å²) in [5, 5.41) is 2.84. The third-order valence-electron chi connectivity index (χ3n) is 6.12. The molecule has 6 nitrogen and oxygen atoms in total. The molecule has 0 radical (unpaired) electrons. The van der Waals surface area contributed by atoms with E-state index in [2.05, 4.69) is 29.3 Å². The molecule has 3 aromatic rings. The number of amides is 1. The van der Waals surface area contributed by atoms with Gasteiger partial charge in [-0.05, 0) is 61.7 Å². The van der Waals surface area contributed by atoms with Gasteiger partial charge in [-0.25, -0.2) is 8.42 Å². The molecule has 1 aliphatic heterocycles. The first-order chi connectivity index (χ1) is 15.9. The summed E-state index contributed by atoms with van der Waals surface area (Å²) in [6.07, 6.45) is 3.84. The average Bonchev–Trinajstić information content (AvgIpc) is 3.28. The fourth-order valence-corrected chi connectivity index (χ4v) is 5.40. The van der Waals surface area contributed by atoms with E-state index in [4.69, 9.17) is 4.42 Å². The summed E-state index contributed by atoms with van der Waals surface area (Å²) in [7, 11) is -3.53. The lowest BCUT2D eigenvalue weighted by atomic mass is 10.0. The van der Waals surface area contributed by atoms with Crippen LogP contribution < -0.4 is 5.32 Å². The van der Waals surface area contributed by atoms with Crippen LogP contribution in [0.2, 0.25) is 0 Å². The first-order valence-electron chi connectivity index (χ1n) is 11.4. The van der Waals surface area contributed by atoms with Crippen molar-refractivity contribution < 1.29 is 17.6 Å². The van der Waals surface area contributed by atoms with Crippen LogP contribution in [0.5, 0.6) is 0 Å². The monoisotopic (exact) mass is 466 g/mol. The second kappa shape index (κ2) is 10.4. The van der Waals surface area contributed by atoms with E-state index < -0.39 is 9.84 Å². The van der Waals surface area contributed by atoms with Crippen molar-refractivity contribution in [2.75, 3.05) is 6.54 Å². The molecule has 1 amide bonds. The highest BCUT2D eigenvalue weighted by Crippen LogP contribution is 2.20. The van der Waals surface area contributed by atoms with Crippen LogP contribution in [0.15, 0.2) is 76.0 Å². The Bertz CT molecular complexity index is 1170. The Hall–Kier alpha value is -2.90. The van der Waals surface area contributed by atoms with Crippen LogP contribution in [0.25, 0.3) is 0 Å². The number of rotatable bonds is 8. The molecule has 1 unspecified atom stereocenters. The van der Waals surface area contributed by atoms with Crippen molar-refractivity contribution in [2.24, 2.45) is 0 Å². The summed E-state index contributed by atoms with van der Waals surface area (Å²) in [4.78, 5) is 15.2. The number of benzene rings is 2. The Labute approximate surface area is 195 Å². The van der Waals surface area contributed by atoms with Gasteiger partial charge >= 0.3 is 0 Å². The highest BCUT2D eigenvalue weighted by Gasteiger charge is 2.20. The van der Waals surface area contributed by atoms with E-state index in [0.717, 1.165) is 18.7 Å². The number of sulfone groups is 1. The number of nitrogens with one attached hydrogen (secondary N) is 1. The van der Waals surface area contributed by atoms with Gasteiger partial charge in [0.2, 0.25) is 0 Å². The lowest BCUT2D eigenvalue weighted by molar-refractivity contribution is 0.0921. The molecule has 174 valence electrons. The zero-order chi connectivity index (χ0) is 23.3. The number of carbonyl (C=O) groups excluding carboxylic acids is 1. The van der Waals surface area contributed by atoms with Gasteiger partial charge in [0, 0.05) is 19.1 Å². The molecule has 1 N–H and O–H groups in total. The molecule has 4 rings (SSSR count). The van der Waals surface area contributed by atoms with Crippen LogP contribution in [-0.2, 0) is 28.7 Å². The molecule has 7 heteroatoms. The van der Waals surface area contributed by atoms with Crippen LogP contribution >= 0.6 is 0 Å². The van der Waals surface area contributed by atoms with Crippen molar-refractivity contribution in [2.45, 2.75) is 56.0 Å². The molecule has 0 spiro atoms. The van der Waals surface area contributed by atoms with E-state index in [0.29, 0.717) is 12.6 Å². The fraction of sp³-hybridized carbons (Fsp3) is 0.346. The molecule has 2 aromatic carbocycles. The number of carbonyl (C=O) groups is 1. The second-order valence-electron chi connectivity index (χ2n) is 8.65. The smallest absolute Gasteiger partial charge is 0.287 e. The number of furan rings is 1. The van der Waals surface area contributed by atoms with E-state index in [9.17, 15) is 13.2 Å². The largest absolute Gasteiger partial charge is 0.455 e. The predicted octanol–water partition coefficient (Wildman–Crippen LogP) is 4.56. The molecule has 1 atom stereocenters. The van der Waals surface area contributed by atoms with E-state index in [1.807, 2.05) is 12.1 Å². The zero-order valence-corrected chi connectivity index (χ0v) is 19.7. The average molecular weight is 467 g/mol. The molecule has 1 aromatic heterocycles. The lowest BCUT2D eigenvalue weighted by Crippen LogP contribution is -2.36. The number of hydrogen-bond donors (Lipinski definition) is 1. The Morgan fingerprint density at radius 3 is 2.45 bits per heavy atom.